The molecule has 1 rings (SSSR count). The van der Waals surface area contributed by atoms with Gasteiger partial charge >= 0.3 is 5.97 Å². The van der Waals surface area contributed by atoms with Crippen molar-refractivity contribution in [3.63, 3.8) is 0 Å². The number of carboxylic acid groups (broad SMARTS) is 1. The Morgan fingerprint density at radius 1 is 1.54 bits per heavy atom. The Kier molecular flexibility index (Phi) is 3.08. The van der Waals surface area contributed by atoms with Crippen LogP contribution < -0.4 is 5.32 Å². The van der Waals surface area contributed by atoms with Crippen molar-refractivity contribution in [2.75, 3.05) is 6.54 Å². The van der Waals surface area contributed by atoms with E-state index in [0.29, 0.717) is 5.56 Å². The normalized spacial score (nSPS) is 9.54. The first kappa shape index (κ1) is 9.31. The van der Waals surface area contributed by atoms with E-state index in [4.69, 9.17) is 5.11 Å². The zero-order valence-corrected chi connectivity index (χ0v) is 6.91. The second kappa shape index (κ2) is 4.30. The highest BCUT2D eigenvalue weighted by Gasteiger charge is 2.04. The van der Waals surface area contributed by atoms with Crippen LogP contribution in [0.25, 0.3) is 0 Å². The summed E-state index contributed by atoms with van der Waals surface area (Å²) in [6, 6.07) is 1.62. The Morgan fingerprint density at radius 3 is 2.85 bits per heavy atom. The summed E-state index contributed by atoms with van der Waals surface area (Å²) in [6.45, 7) is 0.152. The predicted molar refractivity (Wildman–Crippen MR) is 45.4 cm³/mol. The minimum atomic E-state index is -0.922. The average Bonchev–Trinajstić information content (AvgIpc) is 2.55. The van der Waals surface area contributed by atoms with Gasteiger partial charge in [0.15, 0.2) is 0 Å². The van der Waals surface area contributed by atoms with Crippen molar-refractivity contribution in [2.24, 2.45) is 0 Å². The lowest BCUT2D eigenvalue weighted by atomic mass is 10.3. The lowest BCUT2D eigenvalue weighted by molar-refractivity contribution is -0.136. The molecule has 0 radical (unpaired) electrons. The quantitative estimate of drug-likeness (QED) is 0.622. The number of aromatic amines is 1. The topological polar surface area (TPSA) is 82.2 Å². The summed E-state index contributed by atoms with van der Waals surface area (Å²) in [5.74, 6) is -1.18. The van der Waals surface area contributed by atoms with Crippen molar-refractivity contribution >= 4 is 11.9 Å². The zero-order chi connectivity index (χ0) is 9.68. The molecular weight excluding hydrogens is 172 g/mol. The molecule has 1 aromatic rings. The number of aliphatic carboxylic acids is 1. The van der Waals surface area contributed by atoms with Crippen LogP contribution in [0.1, 0.15) is 16.8 Å². The second-order valence-electron chi connectivity index (χ2n) is 2.50. The molecule has 0 spiro atoms. The van der Waals surface area contributed by atoms with E-state index in [1.54, 1.807) is 18.5 Å². The van der Waals surface area contributed by atoms with Crippen LogP contribution in [0.15, 0.2) is 18.5 Å². The molecule has 5 nitrogen and oxygen atoms in total. The van der Waals surface area contributed by atoms with Crippen LogP contribution in [0.5, 0.6) is 0 Å². The highest BCUT2D eigenvalue weighted by atomic mass is 16.4. The standard InChI is InChI=1S/C8H10N2O3/c11-7(12)2-4-10-8(13)6-1-3-9-5-6/h1,3,5,9H,2,4H2,(H,10,13)(H,11,12). The second-order valence-corrected chi connectivity index (χ2v) is 2.50. The van der Waals surface area contributed by atoms with E-state index in [-0.39, 0.29) is 18.9 Å². The minimum Gasteiger partial charge on any atom is -0.481 e. The fraction of sp³-hybridized carbons (Fsp3) is 0.250. The van der Waals surface area contributed by atoms with Gasteiger partial charge in [0.25, 0.3) is 5.91 Å². The van der Waals surface area contributed by atoms with Crippen LogP contribution >= 0.6 is 0 Å². The van der Waals surface area contributed by atoms with E-state index in [1.807, 2.05) is 0 Å². The third kappa shape index (κ3) is 2.98. The molecule has 0 fully saturated rings. The van der Waals surface area contributed by atoms with E-state index >= 15 is 0 Å². The Morgan fingerprint density at radius 2 is 2.31 bits per heavy atom. The summed E-state index contributed by atoms with van der Waals surface area (Å²) in [5, 5.41) is 10.8. The van der Waals surface area contributed by atoms with Crippen molar-refractivity contribution in [1.82, 2.24) is 10.3 Å². The number of amides is 1. The number of hydrogen-bond donors (Lipinski definition) is 3. The third-order valence-electron chi connectivity index (χ3n) is 1.48. The van der Waals surface area contributed by atoms with Gasteiger partial charge in [-0.15, -0.1) is 0 Å². The van der Waals surface area contributed by atoms with Crippen LogP contribution in [0, 0.1) is 0 Å². The number of nitrogens with one attached hydrogen (secondary N) is 2. The van der Waals surface area contributed by atoms with Gasteiger partial charge in [0.05, 0.1) is 12.0 Å². The van der Waals surface area contributed by atoms with E-state index in [1.165, 1.54) is 0 Å². The molecule has 0 aliphatic heterocycles. The summed E-state index contributed by atoms with van der Waals surface area (Å²) in [6.07, 6.45) is 3.12. The molecule has 0 aromatic carbocycles. The molecule has 3 N–H and O–H groups in total. The molecule has 0 atom stereocenters. The molecular formula is C8H10N2O3. The van der Waals surface area contributed by atoms with Gasteiger partial charge in [0, 0.05) is 18.9 Å². The molecule has 5 heteroatoms. The van der Waals surface area contributed by atoms with E-state index in [2.05, 4.69) is 10.3 Å². The molecule has 0 aliphatic carbocycles. The maximum atomic E-state index is 11.2. The number of H-pyrrole nitrogens is 1. The van der Waals surface area contributed by atoms with Gasteiger partial charge in [-0.1, -0.05) is 0 Å². The summed E-state index contributed by atoms with van der Waals surface area (Å²) >= 11 is 0. The monoisotopic (exact) mass is 182 g/mol. The first-order chi connectivity index (χ1) is 6.20. The van der Waals surface area contributed by atoms with Gasteiger partial charge in [-0.3, -0.25) is 9.59 Å². The highest BCUT2D eigenvalue weighted by Crippen LogP contribution is 1.95. The molecule has 0 unspecified atom stereocenters. The first-order valence-electron chi connectivity index (χ1n) is 3.83. The average molecular weight is 182 g/mol. The molecule has 0 bridgehead atoms. The molecule has 0 saturated carbocycles. The van der Waals surface area contributed by atoms with E-state index < -0.39 is 5.97 Å². The van der Waals surface area contributed by atoms with Crippen molar-refractivity contribution in [1.29, 1.82) is 0 Å². The lowest BCUT2D eigenvalue weighted by Gasteiger charge is -1.99. The first-order valence-corrected chi connectivity index (χ1v) is 3.83. The minimum absolute atomic E-state index is 0.0594. The summed E-state index contributed by atoms with van der Waals surface area (Å²) in [7, 11) is 0. The van der Waals surface area contributed by atoms with Gasteiger partial charge < -0.3 is 15.4 Å². The van der Waals surface area contributed by atoms with Gasteiger partial charge in [0.2, 0.25) is 0 Å². The Bertz CT molecular complexity index is 292. The molecule has 1 amide bonds. The molecule has 0 aliphatic rings. The summed E-state index contributed by atoms with van der Waals surface area (Å²) in [4.78, 5) is 24.0. The summed E-state index contributed by atoms with van der Waals surface area (Å²) in [5.41, 5.74) is 0.505. The third-order valence-corrected chi connectivity index (χ3v) is 1.48. The van der Waals surface area contributed by atoms with Crippen LogP contribution in [0.3, 0.4) is 0 Å². The number of rotatable bonds is 4. The predicted octanol–water partition coefficient (Wildman–Crippen LogP) is 0.219. The number of carboxylic acids is 1. The number of hydrogen-bond acceptors (Lipinski definition) is 2. The SMILES string of the molecule is O=C(O)CCNC(=O)c1cc[nH]c1. The van der Waals surface area contributed by atoms with Gasteiger partial charge in [-0.25, -0.2) is 0 Å². The fourth-order valence-electron chi connectivity index (χ4n) is 0.850. The van der Waals surface area contributed by atoms with E-state index in [9.17, 15) is 9.59 Å². The highest BCUT2D eigenvalue weighted by molar-refractivity contribution is 5.94. The van der Waals surface area contributed by atoms with Crippen LogP contribution in [-0.2, 0) is 4.79 Å². The Labute approximate surface area is 74.8 Å². The molecule has 1 aromatic heterocycles. The maximum Gasteiger partial charge on any atom is 0.305 e. The fourth-order valence-corrected chi connectivity index (χ4v) is 0.850. The maximum absolute atomic E-state index is 11.2. The molecule has 1 heterocycles. The van der Waals surface area contributed by atoms with Crippen molar-refractivity contribution in [3.05, 3.63) is 24.0 Å². The Hall–Kier alpha value is -1.78. The number of aromatic nitrogens is 1. The lowest BCUT2D eigenvalue weighted by Crippen LogP contribution is -2.25. The number of carbonyl (C=O) groups is 2. The molecule has 0 saturated heterocycles. The Balaban J connectivity index is 2.31. The smallest absolute Gasteiger partial charge is 0.305 e. The van der Waals surface area contributed by atoms with Gasteiger partial charge in [-0.05, 0) is 6.07 Å². The molecule has 70 valence electrons. The summed E-state index contributed by atoms with van der Waals surface area (Å²) < 4.78 is 0. The van der Waals surface area contributed by atoms with E-state index in [0.717, 1.165) is 0 Å². The van der Waals surface area contributed by atoms with Crippen molar-refractivity contribution in [2.45, 2.75) is 6.42 Å². The molecule has 13 heavy (non-hydrogen) atoms. The van der Waals surface area contributed by atoms with Crippen molar-refractivity contribution in [3.8, 4) is 0 Å². The van der Waals surface area contributed by atoms with Gasteiger partial charge in [-0.2, -0.15) is 0 Å². The van der Waals surface area contributed by atoms with Crippen LogP contribution in [0.4, 0.5) is 0 Å². The zero-order valence-electron chi connectivity index (χ0n) is 6.91. The largest absolute Gasteiger partial charge is 0.481 e. The number of carbonyl (C=O) groups excluding carboxylic acids is 1. The van der Waals surface area contributed by atoms with Gasteiger partial charge in [0.1, 0.15) is 0 Å². The van der Waals surface area contributed by atoms with Crippen LogP contribution in [-0.4, -0.2) is 28.5 Å². The van der Waals surface area contributed by atoms with Crippen molar-refractivity contribution < 1.29 is 14.7 Å². The van der Waals surface area contributed by atoms with Crippen LogP contribution in [0.2, 0.25) is 0 Å².